The van der Waals surface area contributed by atoms with Gasteiger partial charge in [0.05, 0.1) is 139 Å². The third kappa shape index (κ3) is 33.2. The van der Waals surface area contributed by atoms with Crippen molar-refractivity contribution in [1.29, 1.82) is 0 Å². The molecule has 22 nitrogen and oxygen atoms in total. The number of halogens is 4. The molecule has 0 bridgehead atoms. The molecule has 0 saturated heterocycles. The molecule has 0 atom stereocenters. The molecule has 0 saturated carbocycles. The fraction of sp³-hybridized carbons (Fsp3) is 0.550. The van der Waals surface area contributed by atoms with Crippen molar-refractivity contribution in [3.05, 3.63) is 245 Å². The molecule has 9 aromatic carbocycles. The summed E-state index contributed by atoms with van der Waals surface area (Å²) in [6.07, 6.45) is 0. The van der Waals surface area contributed by atoms with Crippen LogP contribution in [0.25, 0.3) is 21.5 Å². The Labute approximate surface area is 811 Å². The molecular weight excluding hydrogens is 1760 g/mol. The van der Waals surface area contributed by atoms with Crippen molar-refractivity contribution in [3.63, 3.8) is 0 Å². The maximum atomic E-state index is 13.7. The van der Waals surface area contributed by atoms with Crippen LogP contribution in [0.1, 0.15) is 370 Å². The fourth-order valence-electron chi connectivity index (χ4n) is 15.7. The van der Waals surface area contributed by atoms with E-state index in [2.05, 4.69) is 0 Å². The number of fused-ring (bicyclic) bond motifs is 2. The third-order valence-corrected chi connectivity index (χ3v) is 22.5. The predicted octanol–water partition coefficient (Wildman–Crippen LogP) is 20.0. The van der Waals surface area contributed by atoms with Crippen LogP contribution in [0.4, 0.5) is 17.6 Å². The Bertz CT molecular complexity index is 5140. The van der Waals surface area contributed by atoms with E-state index in [4.69, 9.17) is 18.9 Å². The lowest BCUT2D eigenvalue weighted by Crippen LogP contribution is -2.28. The second-order valence-corrected chi connectivity index (χ2v) is 44.6. The molecule has 137 heavy (non-hydrogen) atoms. The van der Waals surface area contributed by atoms with Crippen LogP contribution in [0.5, 0.6) is 23.0 Å². The van der Waals surface area contributed by atoms with Crippen LogP contribution in [0, 0.1) is 23.3 Å². The van der Waals surface area contributed by atoms with E-state index in [0.29, 0.717) is 110 Å². The molecule has 9 aromatic rings. The summed E-state index contributed by atoms with van der Waals surface area (Å²) in [5, 5.41) is 188. The molecule has 26 heteroatoms. The topological polar surface area (TPSA) is 401 Å². The summed E-state index contributed by atoms with van der Waals surface area (Å²) in [6, 6.07) is 37.0. The first-order valence-electron chi connectivity index (χ1n) is 46.1. The molecule has 0 aliphatic rings. The normalized spacial score (nSPS) is 13.3. The summed E-state index contributed by atoms with van der Waals surface area (Å²) >= 11 is 0. The standard InChI is InChI=1S/3C17H28O4.C16H26O4.2C16H20O2.C12H14F4O2/c3*1-8-21-14-10-12(16(4,5)19)11(15(2,3)18)9-13(14)17(6,7)20;1-14(2,17)10-8-12(16(5,6)19)13(20-7)9-11(10)15(3,4)18;1-15(2,17)13-9-5-8-12-11(13)7-6-10-14(12)16(3,4)18;1-15(2,17)12-9-5-7-11-8-6-10-13(14(11)12)16(3,4)18;1-11(2,17)5-7(13)9(15)6(12(3,4)18)10(16)8(5)14/h3*9-10,18-20H,8H2,1-7H3;8-9,17-19H,1-7H3;2*5-10,17-18H,1-4H3;17-18H,1-4H3. The highest BCUT2D eigenvalue weighted by Gasteiger charge is 2.42. The van der Waals surface area contributed by atoms with Crippen LogP contribution in [-0.4, -0.2) is 119 Å². The van der Waals surface area contributed by atoms with Gasteiger partial charge in [-0.1, -0.05) is 72.8 Å². The Kier molecular flexibility index (Phi) is 39.1. The van der Waals surface area contributed by atoms with Gasteiger partial charge in [0.25, 0.3) is 0 Å². The van der Waals surface area contributed by atoms with Gasteiger partial charge in [-0.2, -0.15) is 0 Å². The Morgan fingerprint density at radius 3 is 0.526 bits per heavy atom. The number of rotatable bonds is 25. The maximum Gasteiger partial charge on any atom is 0.168 e. The molecule has 0 aliphatic heterocycles. The Morgan fingerprint density at radius 2 is 0.358 bits per heavy atom. The van der Waals surface area contributed by atoms with Crippen LogP contribution in [0.3, 0.4) is 0 Å². The van der Waals surface area contributed by atoms with E-state index in [0.717, 1.165) is 71.5 Å². The van der Waals surface area contributed by atoms with Gasteiger partial charge in [-0.05, 0) is 407 Å². The van der Waals surface area contributed by atoms with Gasteiger partial charge in [0.15, 0.2) is 23.3 Å². The molecule has 0 amide bonds. The van der Waals surface area contributed by atoms with Crippen molar-refractivity contribution in [3.8, 4) is 23.0 Å². The lowest BCUT2D eigenvalue weighted by atomic mass is 9.81. The summed E-state index contributed by atoms with van der Waals surface area (Å²) in [5.41, 5.74) is -13.1. The Balaban J connectivity index is 0.000000412. The first-order valence-corrected chi connectivity index (χ1v) is 46.1. The first-order chi connectivity index (χ1) is 60.9. The summed E-state index contributed by atoms with van der Waals surface area (Å²) in [4.78, 5) is 0. The van der Waals surface area contributed by atoms with E-state index in [9.17, 15) is 109 Å². The first kappa shape index (κ1) is 123. The summed E-state index contributed by atoms with van der Waals surface area (Å²) in [7, 11) is 1.52. The van der Waals surface area contributed by atoms with Gasteiger partial charge in [0.1, 0.15) is 23.0 Å². The lowest BCUT2D eigenvalue weighted by Gasteiger charge is -2.32. The minimum absolute atomic E-state index is 0.455. The molecular formula is C111H164F4O22. The van der Waals surface area contributed by atoms with Gasteiger partial charge in [-0.3, -0.25) is 0 Å². The second-order valence-electron chi connectivity index (χ2n) is 44.6. The number of ether oxygens (including phenoxy) is 4. The van der Waals surface area contributed by atoms with Crippen molar-refractivity contribution in [2.24, 2.45) is 0 Å². The Morgan fingerprint density at radius 1 is 0.197 bits per heavy atom. The fourth-order valence-corrected chi connectivity index (χ4v) is 15.7. The number of hydrogen-bond donors (Lipinski definition) is 18. The van der Waals surface area contributed by atoms with Gasteiger partial charge in [0.2, 0.25) is 0 Å². The summed E-state index contributed by atoms with van der Waals surface area (Å²) < 4.78 is 76.9. The van der Waals surface area contributed by atoms with Crippen molar-refractivity contribution in [2.45, 2.75) is 371 Å². The second kappa shape index (κ2) is 43.7. The van der Waals surface area contributed by atoms with E-state index in [1.165, 1.54) is 7.11 Å². The minimum atomic E-state index is -2.09. The molecule has 0 aliphatic carbocycles. The molecule has 0 fully saturated rings. The van der Waals surface area contributed by atoms with Crippen molar-refractivity contribution >= 4 is 21.5 Å². The average molecular weight is 1930 g/mol. The molecule has 0 heterocycles. The molecule has 0 aromatic heterocycles. The van der Waals surface area contributed by atoms with Gasteiger partial charge < -0.3 is 111 Å². The predicted molar refractivity (Wildman–Crippen MR) is 534 cm³/mol. The van der Waals surface area contributed by atoms with Crippen LogP contribution < -0.4 is 18.9 Å². The SMILES string of the molecule is CC(C)(O)c1c(F)c(F)c(C(C)(C)O)c(F)c1F.CC(C)(O)c1cccc2c(C(C)(C)O)cccc12.CC(C)(O)c1cccc2cccc(C(C)(C)O)c12.CCOc1cc(C(C)(C)O)c(C(C)(C)O)cc1C(C)(C)O.CCOc1cc(C(C)(C)O)c(C(C)(C)O)cc1C(C)(C)O.CCOc1cc(C(C)(C)O)c(C(C)(C)O)cc1C(C)(C)O.COc1cc(C(C)(C)O)c(C(C)(C)O)cc1C(C)(C)O. The zero-order valence-electron chi connectivity index (χ0n) is 88.9. The zero-order chi connectivity index (χ0) is 107. The van der Waals surface area contributed by atoms with Crippen molar-refractivity contribution < 1.29 is 128 Å². The van der Waals surface area contributed by atoms with E-state index in [1.807, 2.05) is 93.6 Å². The smallest absolute Gasteiger partial charge is 0.168 e. The third-order valence-electron chi connectivity index (χ3n) is 22.5. The van der Waals surface area contributed by atoms with Crippen molar-refractivity contribution in [2.75, 3.05) is 26.9 Å². The highest BCUT2D eigenvalue weighted by Crippen LogP contribution is 2.47. The molecule has 0 radical (unpaired) electrons. The van der Waals surface area contributed by atoms with Gasteiger partial charge in [-0.25, -0.2) is 17.6 Å². The van der Waals surface area contributed by atoms with Crippen LogP contribution >= 0.6 is 0 Å². The average Bonchev–Trinajstić information content (AvgIpc) is 0.833. The number of benzene rings is 9. The minimum Gasteiger partial charge on any atom is -0.496 e. The van der Waals surface area contributed by atoms with E-state index >= 15 is 0 Å². The van der Waals surface area contributed by atoms with Gasteiger partial charge in [-0.15, -0.1) is 0 Å². The Hall–Kier alpha value is -8.30. The summed E-state index contributed by atoms with van der Waals surface area (Å²) in [6.45, 7) is 65.0. The highest BCUT2D eigenvalue weighted by molar-refractivity contribution is 5.91. The largest absolute Gasteiger partial charge is 0.496 e. The van der Waals surface area contributed by atoms with Crippen molar-refractivity contribution in [1.82, 2.24) is 0 Å². The molecule has 9 rings (SSSR count). The van der Waals surface area contributed by atoms with Gasteiger partial charge >= 0.3 is 0 Å². The van der Waals surface area contributed by atoms with Crippen LogP contribution in [0.2, 0.25) is 0 Å². The lowest BCUT2D eigenvalue weighted by molar-refractivity contribution is 0.0493. The maximum absolute atomic E-state index is 13.7. The number of aliphatic hydroxyl groups is 18. The van der Waals surface area contributed by atoms with Gasteiger partial charge in [0, 0.05) is 22.3 Å². The number of hydrogen-bond acceptors (Lipinski definition) is 22. The quantitative estimate of drug-likeness (QED) is 0.0187. The van der Waals surface area contributed by atoms with Crippen LogP contribution in [0.15, 0.2) is 121 Å². The van der Waals surface area contributed by atoms with E-state index in [-0.39, 0.29) is 0 Å². The van der Waals surface area contributed by atoms with E-state index < -0.39 is 135 Å². The summed E-state index contributed by atoms with van der Waals surface area (Å²) in [5.74, 6) is -4.78. The number of methoxy groups -OCH3 is 1. The molecule has 0 spiro atoms. The monoisotopic (exact) mass is 1930 g/mol. The zero-order valence-corrected chi connectivity index (χ0v) is 88.9. The molecule has 768 valence electrons. The van der Waals surface area contributed by atoms with E-state index in [1.54, 1.807) is 270 Å². The molecule has 0 unspecified atom stereocenters. The van der Waals surface area contributed by atoms with Crippen LogP contribution in [-0.2, 0) is 101 Å². The highest BCUT2D eigenvalue weighted by atomic mass is 19.2. The molecule has 18 N–H and O–H groups in total.